The average molecular weight is 677 g/mol. The molecule has 0 saturated carbocycles. The molecule has 0 aliphatic heterocycles. The normalized spacial score (nSPS) is 9.62. The van der Waals surface area contributed by atoms with E-state index >= 15 is 0 Å². The molecule has 4 rings (SSSR count). The van der Waals surface area contributed by atoms with Crippen LogP contribution in [0.25, 0.3) is 0 Å². The van der Waals surface area contributed by atoms with Crippen molar-refractivity contribution in [3.8, 4) is 5.75 Å². The molecule has 0 heterocycles. The van der Waals surface area contributed by atoms with Crippen LogP contribution in [0.4, 0.5) is 0 Å². The van der Waals surface area contributed by atoms with E-state index in [9.17, 15) is 0 Å². The summed E-state index contributed by atoms with van der Waals surface area (Å²) in [6.45, 7) is 37.6. The standard InChI is InChI=1S/C10H14O.C10H14S.C10H14.C8H10.4C2H6/c2*1-10(2,3)11-9-7-5-4-6-8-9;1-10(2,3)9-7-5-4-6-8-9;1-2-8-6-4-3-5-7-8;4*1-2/h2*4-8H,1-3H3;4-8H,1-3H3;3-7H,2H2,1H3;4*1-2H3. The lowest BCUT2D eigenvalue weighted by Gasteiger charge is -2.20. The largest absolute Gasteiger partial charge is 0.488 e. The number of hydrogen-bond donors (Lipinski definition) is 0. The van der Waals surface area contributed by atoms with Gasteiger partial charge in [-0.1, -0.05) is 201 Å². The molecule has 0 aliphatic rings. The van der Waals surface area contributed by atoms with Crippen LogP contribution in [0.3, 0.4) is 0 Å². The highest BCUT2D eigenvalue weighted by atomic mass is 32.2. The van der Waals surface area contributed by atoms with E-state index in [0.717, 1.165) is 12.2 Å². The molecule has 0 spiro atoms. The van der Waals surface area contributed by atoms with E-state index in [1.54, 1.807) is 0 Å². The van der Waals surface area contributed by atoms with Crippen molar-refractivity contribution in [1.82, 2.24) is 0 Å². The highest BCUT2D eigenvalue weighted by Gasteiger charge is 2.12. The highest BCUT2D eigenvalue weighted by molar-refractivity contribution is 8.00. The summed E-state index contributed by atoms with van der Waals surface area (Å²) in [6, 6.07) is 41.4. The van der Waals surface area contributed by atoms with Crippen molar-refractivity contribution in [2.75, 3.05) is 0 Å². The minimum absolute atomic E-state index is 0.0959. The predicted molar refractivity (Wildman–Crippen MR) is 225 cm³/mol. The molecule has 1 nitrogen and oxygen atoms in total. The van der Waals surface area contributed by atoms with Gasteiger partial charge in [0.2, 0.25) is 0 Å². The second-order valence-electron chi connectivity index (χ2n) is 12.5. The Bertz CT molecular complexity index is 1080. The molecule has 0 fully saturated rings. The zero-order chi connectivity index (χ0) is 38.1. The first-order valence-corrected chi connectivity index (χ1v) is 19.1. The van der Waals surface area contributed by atoms with Gasteiger partial charge in [-0.3, -0.25) is 0 Å². The van der Waals surface area contributed by atoms with Crippen molar-refractivity contribution in [2.24, 2.45) is 0 Å². The van der Waals surface area contributed by atoms with Gasteiger partial charge in [-0.05, 0) is 68.0 Å². The van der Waals surface area contributed by atoms with Crippen LogP contribution < -0.4 is 4.74 Å². The van der Waals surface area contributed by atoms with E-state index in [4.69, 9.17) is 4.74 Å². The molecule has 0 atom stereocenters. The molecule has 0 N–H and O–H groups in total. The molecule has 272 valence electrons. The van der Waals surface area contributed by atoms with Gasteiger partial charge >= 0.3 is 0 Å². The SMILES string of the molecule is CC.CC.CC.CC.CC(C)(C)Oc1ccccc1.CC(C)(C)Sc1ccccc1.CC(C)(C)c1ccccc1.CCc1ccccc1. The molecule has 48 heavy (non-hydrogen) atoms. The maximum atomic E-state index is 5.60. The number of hydrogen-bond acceptors (Lipinski definition) is 2. The maximum Gasteiger partial charge on any atom is 0.120 e. The number of benzene rings is 4. The first-order chi connectivity index (χ1) is 22.7. The van der Waals surface area contributed by atoms with Crippen LogP contribution in [0.1, 0.15) is 136 Å². The molecular formula is C46H76OS. The fourth-order valence-corrected chi connectivity index (χ4v) is 4.34. The van der Waals surface area contributed by atoms with Gasteiger partial charge in [-0.25, -0.2) is 0 Å². The minimum Gasteiger partial charge on any atom is -0.488 e. The maximum absolute atomic E-state index is 5.60. The highest BCUT2D eigenvalue weighted by Crippen LogP contribution is 2.31. The molecule has 0 aromatic heterocycles. The topological polar surface area (TPSA) is 9.23 Å². The van der Waals surface area contributed by atoms with Crippen molar-refractivity contribution in [3.63, 3.8) is 0 Å². The molecule has 0 saturated heterocycles. The van der Waals surface area contributed by atoms with Gasteiger partial charge in [0.05, 0.1) is 0 Å². The number of thioether (sulfide) groups is 1. The molecule has 2 heteroatoms. The van der Waals surface area contributed by atoms with Crippen molar-refractivity contribution >= 4 is 11.8 Å². The summed E-state index contributed by atoms with van der Waals surface area (Å²) in [5.41, 5.74) is 3.00. The van der Waals surface area contributed by atoms with Crippen LogP contribution in [0.5, 0.6) is 5.75 Å². The number of para-hydroxylation sites is 1. The van der Waals surface area contributed by atoms with Gasteiger partial charge in [0.15, 0.2) is 0 Å². The zero-order valence-corrected chi connectivity index (χ0v) is 35.4. The fourth-order valence-electron chi connectivity index (χ4n) is 3.34. The van der Waals surface area contributed by atoms with E-state index in [2.05, 4.69) is 127 Å². The van der Waals surface area contributed by atoms with E-state index < -0.39 is 0 Å². The molecule has 4 aromatic rings. The Morgan fingerprint density at radius 3 is 1.06 bits per heavy atom. The van der Waals surface area contributed by atoms with E-state index in [1.807, 2.05) is 130 Å². The number of rotatable bonds is 3. The summed E-state index contributed by atoms with van der Waals surface area (Å²) in [4.78, 5) is 1.35. The Balaban J connectivity index is -0.000000252. The van der Waals surface area contributed by atoms with Crippen molar-refractivity contribution in [2.45, 2.75) is 152 Å². The van der Waals surface area contributed by atoms with Crippen LogP contribution in [-0.2, 0) is 11.8 Å². The van der Waals surface area contributed by atoms with E-state index in [0.29, 0.717) is 10.2 Å². The van der Waals surface area contributed by atoms with Crippen LogP contribution in [0.2, 0.25) is 0 Å². The summed E-state index contributed by atoms with van der Waals surface area (Å²) >= 11 is 1.90. The molecule has 0 aliphatic carbocycles. The second-order valence-corrected chi connectivity index (χ2v) is 14.4. The lowest BCUT2D eigenvalue weighted by molar-refractivity contribution is 0.131. The van der Waals surface area contributed by atoms with Crippen molar-refractivity contribution < 1.29 is 4.74 Å². The van der Waals surface area contributed by atoms with Crippen molar-refractivity contribution in [3.05, 3.63) is 132 Å². The van der Waals surface area contributed by atoms with E-state index in [-0.39, 0.29) is 5.60 Å². The zero-order valence-electron chi connectivity index (χ0n) is 34.6. The van der Waals surface area contributed by atoms with Crippen molar-refractivity contribution in [1.29, 1.82) is 0 Å². The summed E-state index contributed by atoms with van der Waals surface area (Å²) in [6.07, 6.45) is 1.14. The van der Waals surface area contributed by atoms with Gasteiger partial charge in [0.1, 0.15) is 11.4 Å². The first-order valence-electron chi connectivity index (χ1n) is 18.3. The second kappa shape index (κ2) is 32.6. The molecule has 0 radical (unpaired) electrons. The van der Waals surface area contributed by atoms with Gasteiger partial charge in [0.25, 0.3) is 0 Å². The number of ether oxygens (including phenoxy) is 1. The third-order valence-electron chi connectivity index (χ3n) is 5.23. The molecule has 0 bridgehead atoms. The van der Waals surface area contributed by atoms with E-state index in [1.165, 1.54) is 16.0 Å². The predicted octanol–water partition coefficient (Wildman–Crippen LogP) is 15.8. The van der Waals surface area contributed by atoms with Gasteiger partial charge in [-0.2, -0.15) is 0 Å². The summed E-state index contributed by atoms with van der Waals surface area (Å²) in [5, 5.41) is 0. The first kappa shape index (κ1) is 51.9. The molecule has 0 amide bonds. The summed E-state index contributed by atoms with van der Waals surface area (Å²) in [5.74, 6) is 0.931. The van der Waals surface area contributed by atoms with Crippen LogP contribution in [-0.4, -0.2) is 10.3 Å². The lowest BCUT2D eigenvalue weighted by atomic mass is 9.87. The summed E-state index contributed by atoms with van der Waals surface area (Å²) in [7, 11) is 0. The molecule has 4 aromatic carbocycles. The third-order valence-corrected chi connectivity index (χ3v) is 6.35. The fraction of sp³-hybridized carbons (Fsp3) is 0.478. The van der Waals surface area contributed by atoms with Gasteiger partial charge in [0, 0.05) is 9.64 Å². The van der Waals surface area contributed by atoms with Gasteiger partial charge < -0.3 is 4.74 Å². The quantitative estimate of drug-likeness (QED) is 0.200. The Labute approximate surface area is 305 Å². The molecule has 0 unspecified atom stereocenters. The van der Waals surface area contributed by atoms with Crippen LogP contribution >= 0.6 is 11.8 Å². The minimum atomic E-state index is -0.0959. The van der Waals surface area contributed by atoms with Crippen LogP contribution in [0, 0.1) is 0 Å². The third kappa shape index (κ3) is 34.4. The van der Waals surface area contributed by atoms with Crippen LogP contribution in [0.15, 0.2) is 126 Å². The smallest absolute Gasteiger partial charge is 0.120 e. The Hall–Kier alpha value is -2.97. The summed E-state index contributed by atoms with van der Waals surface area (Å²) < 4.78 is 5.92. The molecular weight excluding hydrogens is 601 g/mol. The Morgan fingerprint density at radius 1 is 0.458 bits per heavy atom. The number of aryl methyl sites for hydroxylation is 1. The van der Waals surface area contributed by atoms with Gasteiger partial charge in [-0.15, -0.1) is 11.8 Å². The average Bonchev–Trinajstić information content (AvgIpc) is 3.09. The lowest BCUT2D eigenvalue weighted by Crippen LogP contribution is -2.22. The monoisotopic (exact) mass is 677 g/mol. The Morgan fingerprint density at radius 2 is 0.792 bits per heavy atom. The Kier molecular flexibility index (Phi) is 35.2.